The smallest absolute Gasteiger partial charge is 0.337 e. The van der Waals surface area contributed by atoms with Gasteiger partial charge in [-0.05, 0) is 41.9 Å². The van der Waals surface area contributed by atoms with Crippen molar-refractivity contribution in [3.63, 3.8) is 0 Å². The fraction of sp³-hybridized carbons (Fsp3) is 0. The van der Waals surface area contributed by atoms with Gasteiger partial charge in [-0.25, -0.2) is 9.18 Å². The van der Waals surface area contributed by atoms with Crippen LogP contribution in [0.2, 0.25) is 5.22 Å². The number of anilines is 1. The van der Waals surface area contributed by atoms with Crippen molar-refractivity contribution in [2.75, 3.05) is 5.32 Å². The highest BCUT2D eigenvalue weighted by Crippen LogP contribution is 2.19. The Kier molecular flexibility index (Phi) is 3.52. The lowest BCUT2D eigenvalue weighted by atomic mass is 10.1. The number of nitrogens with one attached hydrogen (secondary N) is 1. The van der Waals surface area contributed by atoms with Crippen molar-refractivity contribution in [2.24, 2.45) is 0 Å². The molecule has 0 spiro atoms. The first kappa shape index (κ1) is 13.1. The normalized spacial score (nSPS) is 10.2. The molecule has 2 aromatic rings. The van der Waals surface area contributed by atoms with Gasteiger partial charge in [0.1, 0.15) is 5.82 Å². The lowest BCUT2D eigenvalue weighted by Crippen LogP contribution is -2.14. The number of hydrogen-bond donors (Lipinski definition) is 2. The van der Waals surface area contributed by atoms with Gasteiger partial charge in [-0.2, -0.15) is 0 Å². The van der Waals surface area contributed by atoms with Gasteiger partial charge < -0.3 is 14.8 Å². The quantitative estimate of drug-likeness (QED) is 0.907. The summed E-state index contributed by atoms with van der Waals surface area (Å²) in [6.07, 6.45) is 0. The second-order valence-corrected chi connectivity index (χ2v) is 3.93. The van der Waals surface area contributed by atoms with Crippen LogP contribution in [0.15, 0.2) is 34.7 Å². The molecule has 5 nitrogen and oxygen atoms in total. The van der Waals surface area contributed by atoms with Crippen LogP contribution in [0.5, 0.6) is 0 Å². The highest BCUT2D eigenvalue weighted by Gasteiger charge is 2.16. The van der Waals surface area contributed by atoms with Crippen LogP contribution in [-0.4, -0.2) is 17.0 Å². The Bertz CT molecular complexity index is 653. The summed E-state index contributed by atoms with van der Waals surface area (Å²) >= 11 is 5.52. The Morgan fingerprint density at radius 2 is 2.00 bits per heavy atom. The maximum atomic E-state index is 13.0. The number of carboxylic acids is 1. The molecule has 0 atom stereocenters. The first-order valence-electron chi connectivity index (χ1n) is 5.07. The summed E-state index contributed by atoms with van der Waals surface area (Å²) in [6, 6.07) is 5.71. The number of carbonyl (C=O) groups is 2. The number of halogens is 2. The van der Waals surface area contributed by atoms with Crippen molar-refractivity contribution in [3.8, 4) is 0 Å². The summed E-state index contributed by atoms with van der Waals surface area (Å²) in [5.41, 5.74) is -0.391. The summed E-state index contributed by atoms with van der Waals surface area (Å²) in [7, 11) is 0. The largest absolute Gasteiger partial charge is 0.478 e. The number of rotatable bonds is 3. The molecule has 0 aliphatic heterocycles. The van der Waals surface area contributed by atoms with Crippen molar-refractivity contribution in [1.82, 2.24) is 0 Å². The molecule has 0 unspecified atom stereocenters. The number of amides is 1. The number of carboxylic acid groups (broad SMARTS) is 1. The van der Waals surface area contributed by atoms with Crippen LogP contribution in [0.1, 0.15) is 20.9 Å². The third kappa shape index (κ3) is 2.92. The molecule has 2 rings (SSSR count). The van der Waals surface area contributed by atoms with Gasteiger partial charge in [-0.15, -0.1) is 0 Å². The second kappa shape index (κ2) is 5.11. The van der Waals surface area contributed by atoms with Crippen molar-refractivity contribution >= 4 is 29.2 Å². The summed E-state index contributed by atoms with van der Waals surface area (Å²) in [4.78, 5) is 22.7. The molecule has 0 saturated carbocycles. The fourth-order valence-corrected chi connectivity index (χ4v) is 1.57. The number of carbonyl (C=O) groups excluding carboxylic acids is 1. The van der Waals surface area contributed by atoms with E-state index in [1.807, 2.05) is 0 Å². The van der Waals surface area contributed by atoms with Crippen molar-refractivity contribution in [3.05, 3.63) is 52.7 Å². The average Bonchev–Trinajstić information content (AvgIpc) is 2.78. The summed E-state index contributed by atoms with van der Waals surface area (Å²) in [5.74, 6) is -2.82. The first-order chi connectivity index (χ1) is 8.97. The topological polar surface area (TPSA) is 79.5 Å². The van der Waals surface area contributed by atoms with E-state index in [0.717, 1.165) is 18.2 Å². The maximum absolute atomic E-state index is 13.0. The number of furan rings is 1. The van der Waals surface area contributed by atoms with Gasteiger partial charge in [0.05, 0.1) is 11.3 Å². The third-order valence-corrected chi connectivity index (χ3v) is 2.46. The molecule has 0 aliphatic rings. The van der Waals surface area contributed by atoms with E-state index in [2.05, 4.69) is 5.32 Å². The lowest BCUT2D eigenvalue weighted by molar-refractivity contribution is 0.0697. The molecule has 2 N–H and O–H groups in total. The molecule has 98 valence electrons. The molecule has 0 fully saturated rings. The monoisotopic (exact) mass is 283 g/mol. The standard InChI is InChI=1S/C12H7ClFNO4/c13-10-4-3-9(19-10)11(16)15-8-2-1-6(14)5-7(8)12(17)18/h1-5H,(H,15,16)(H,17,18). The van der Waals surface area contributed by atoms with E-state index < -0.39 is 17.7 Å². The van der Waals surface area contributed by atoms with Gasteiger partial charge in [0.15, 0.2) is 11.0 Å². The van der Waals surface area contributed by atoms with E-state index in [0.29, 0.717) is 0 Å². The molecule has 19 heavy (non-hydrogen) atoms. The van der Waals surface area contributed by atoms with Gasteiger partial charge in [-0.1, -0.05) is 0 Å². The Labute approximate surface area is 111 Å². The highest BCUT2D eigenvalue weighted by molar-refractivity contribution is 6.29. The van der Waals surface area contributed by atoms with Crippen molar-refractivity contribution in [1.29, 1.82) is 0 Å². The molecule has 7 heteroatoms. The van der Waals surface area contributed by atoms with Crippen LogP contribution >= 0.6 is 11.6 Å². The highest BCUT2D eigenvalue weighted by atomic mass is 35.5. The predicted octanol–water partition coefficient (Wildman–Crippen LogP) is 3.02. The van der Waals surface area contributed by atoms with Crippen LogP contribution in [-0.2, 0) is 0 Å². The van der Waals surface area contributed by atoms with Crippen LogP contribution in [0.3, 0.4) is 0 Å². The Morgan fingerprint density at radius 3 is 2.58 bits per heavy atom. The molecule has 1 amide bonds. The van der Waals surface area contributed by atoms with E-state index in [1.165, 1.54) is 12.1 Å². The fourth-order valence-electron chi connectivity index (χ4n) is 1.42. The lowest BCUT2D eigenvalue weighted by Gasteiger charge is -2.07. The van der Waals surface area contributed by atoms with Crippen molar-refractivity contribution < 1.29 is 23.5 Å². The minimum atomic E-state index is -1.35. The molecule has 1 heterocycles. The van der Waals surface area contributed by atoms with Gasteiger partial charge in [0.25, 0.3) is 5.91 Å². The first-order valence-corrected chi connectivity index (χ1v) is 5.44. The molecular weight excluding hydrogens is 277 g/mol. The minimum Gasteiger partial charge on any atom is -0.478 e. The van der Waals surface area contributed by atoms with E-state index in [-0.39, 0.29) is 22.2 Å². The number of hydrogen-bond acceptors (Lipinski definition) is 3. The summed E-state index contributed by atoms with van der Waals surface area (Å²) in [6.45, 7) is 0. The van der Waals surface area contributed by atoms with Gasteiger partial charge >= 0.3 is 5.97 Å². The molecule has 0 saturated heterocycles. The Morgan fingerprint density at radius 1 is 1.26 bits per heavy atom. The van der Waals surface area contributed by atoms with E-state index in [4.69, 9.17) is 21.1 Å². The Balaban J connectivity index is 2.28. The predicted molar refractivity (Wildman–Crippen MR) is 65.0 cm³/mol. The molecular formula is C12H7ClFNO4. The van der Waals surface area contributed by atoms with Crippen LogP contribution in [0, 0.1) is 5.82 Å². The van der Waals surface area contributed by atoms with Crippen LogP contribution < -0.4 is 5.32 Å². The zero-order valence-electron chi connectivity index (χ0n) is 9.31. The summed E-state index contributed by atoms with van der Waals surface area (Å²) in [5, 5.41) is 11.3. The van der Waals surface area contributed by atoms with E-state index in [9.17, 15) is 14.0 Å². The van der Waals surface area contributed by atoms with E-state index in [1.54, 1.807) is 0 Å². The van der Waals surface area contributed by atoms with Crippen molar-refractivity contribution in [2.45, 2.75) is 0 Å². The van der Waals surface area contributed by atoms with Gasteiger partial charge in [0, 0.05) is 0 Å². The number of aromatic carboxylic acids is 1. The number of benzene rings is 1. The van der Waals surface area contributed by atoms with Gasteiger partial charge in [0.2, 0.25) is 0 Å². The third-order valence-electron chi connectivity index (χ3n) is 2.26. The SMILES string of the molecule is O=C(Nc1ccc(F)cc1C(=O)O)c1ccc(Cl)o1. The second-order valence-electron chi connectivity index (χ2n) is 3.55. The maximum Gasteiger partial charge on any atom is 0.337 e. The van der Waals surface area contributed by atoms with Crippen LogP contribution in [0.4, 0.5) is 10.1 Å². The average molecular weight is 284 g/mol. The zero-order valence-corrected chi connectivity index (χ0v) is 10.1. The molecule has 0 aliphatic carbocycles. The molecule has 0 radical (unpaired) electrons. The summed E-state index contributed by atoms with van der Waals surface area (Å²) < 4.78 is 17.8. The molecule has 1 aromatic heterocycles. The zero-order chi connectivity index (χ0) is 14.0. The van der Waals surface area contributed by atoms with E-state index >= 15 is 0 Å². The Hall–Kier alpha value is -2.34. The van der Waals surface area contributed by atoms with Gasteiger partial charge in [-0.3, -0.25) is 4.79 Å². The van der Waals surface area contributed by atoms with Crippen LogP contribution in [0.25, 0.3) is 0 Å². The molecule has 0 bridgehead atoms. The minimum absolute atomic E-state index is 0.0303. The molecule has 1 aromatic carbocycles.